The van der Waals surface area contributed by atoms with Crippen molar-refractivity contribution >= 4 is 11.0 Å². The molecule has 1 aliphatic rings. The second kappa shape index (κ2) is 4.90. The van der Waals surface area contributed by atoms with Gasteiger partial charge in [-0.05, 0) is 30.9 Å². The van der Waals surface area contributed by atoms with E-state index in [1.807, 2.05) is 28.8 Å². The topological polar surface area (TPSA) is 44.1 Å². The second-order valence-corrected chi connectivity index (χ2v) is 4.76. The zero-order valence-corrected chi connectivity index (χ0v) is 10.2. The molecule has 1 saturated heterocycles. The van der Waals surface area contributed by atoms with Crippen LogP contribution in [0.25, 0.3) is 11.0 Å². The third kappa shape index (κ3) is 2.16. The Balaban J connectivity index is 1.89. The first-order chi connectivity index (χ1) is 8.84. The van der Waals surface area contributed by atoms with Crippen molar-refractivity contribution in [3.63, 3.8) is 0 Å². The number of aromatic nitrogens is 2. The maximum absolute atomic E-state index is 11.9. The Morgan fingerprint density at radius 3 is 3.11 bits per heavy atom. The Morgan fingerprint density at radius 1 is 1.39 bits per heavy atom. The minimum absolute atomic E-state index is 0.0207. The van der Waals surface area contributed by atoms with Gasteiger partial charge in [0.05, 0.1) is 17.2 Å². The molecule has 2 aromatic rings. The summed E-state index contributed by atoms with van der Waals surface area (Å²) in [7, 11) is 0. The van der Waals surface area contributed by atoms with Crippen molar-refractivity contribution in [3.05, 3.63) is 40.8 Å². The van der Waals surface area contributed by atoms with Crippen LogP contribution >= 0.6 is 0 Å². The molecule has 2 heterocycles. The van der Waals surface area contributed by atoms with Crippen molar-refractivity contribution in [2.75, 3.05) is 13.2 Å². The van der Waals surface area contributed by atoms with E-state index in [0.717, 1.165) is 43.6 Å². The van der Waals surface area contributed by atoms with Crippen molar-refractivity contribution in [2.45, 2.75) is 19.4 Å². The van der Waals surface area contributed by atoms with Crippen LogP contribution in [0.5, 0.6) is 0 Å². The van der Waals surface area contributed by atoms with E-state index >= 15 is 0 Å². The maximum atomic E-state index is 11.9. The third-order valence-electron chi connectivity index (χ3n) is 3.54. The van der Waals surface area contributed by atoms with E-state index in [4.69, 9.17) is 4.74 Å². The van der Waals surface area contributed by atoms with Crippen LogP contribution in [0.15, 0.2) is 35.3 Å². The Kier molecular flexibility index (Phi) is 3.11. The fourth-order valence-electron chi connectivity index (χ4n) is 2.47. The summed E-state index contributed by atoms with van der Waals surface area (Å²) in [6.45, 7) is 2.43. The number of hydrogen-bond acceptors (Lipinski definition) is 3. The van der Waals surface area contributed by atoms with Crippen LogP contribution in [0.2, 0.25) is 0 Å². The highest BCUT2D eigenvalue weighted by Crippen LogP contribution is 2.18. The van der Waals surface area contributed by atoms with Gasteiger partial charge in [0.2, 0.25) is 0 Å². The number of rotatable bonds is 3. The quantitative estimate of drug-likeness (QED) is 0.827. The molecular weight excluding hydrogens is 228 g/mol. The predicted molar refractivity (Wildman–Crippen MR) is 69.5 cm³/mol. The molecule has 4 nitrogen and oxygen atoms in total. The molecule has 3 rings (SSSR count). The molecule has 0 radical (unpaired) electrons. The first-order valence-corrected chi connectivity index (χ1v) is 6.37. The summed E-state index contributed by atoms with van der Waals surface area (Å²) < 4.78 is 7.18. The van der Waals surface area contributed by atoms with Crippen LogP contribution in [-0.2, 0) is 11.3 Å². The summed E-state index contributed by atoms with van der Waals surface area (Å²) in [5, 5.41) is 0. The predicted octanol–water partition coefficient (Wildman–Crippen LogP) is 1.82. The molecule has 0 unspecified atom stereocenters. The molecule has 0 N–H and O–H groups in total. The van der Waals surface area contributed by atoms with Crippen molar-refractivity contribution in [1.82, 2.24) is 9.55 Å². The highest BCUT2D eigenvalue weighted by Gasteiger charge is 2.16. The minimum Gasteiger partial charge on any atom is -0.381 e. The standard InChI is InChI=1S/C14H16N2O2/c17-14-9-15-12-3-1-2-4-13(12)16(14)7-5-11-6-8-18-10-11/h1-4,9,11H,5-8,10H2/t11-/m1/s1. The molecule has 0 aliphatic carbocycles. The number of para-hydroxylation sites is 2. The van der Waals surface area contributed by atoms with Gasteiger partial charge in [-0.2, -0.15) is 0 Å². The largest absolute Gasteiger partial charge is 0.381 e. The van der Waals surface area contributed by atoms with E-state index in [9.17, 15) is 4.79 Å². The molecule has 4 heteroatoms. The lowest BCUT2D eigenvalue weighted by Crippen LogP contribution is -2.22. The van der Waals surface area contributed by atoms with E-state index in [0.29, 0.717) is 5.92 Å². The van der Waals surface area contributed by atoms with Gasteiger partial charge in [0.15, 0.2) is 0 Å². The number of fused-ring (bicyclic) bond motifs is 1. The molecule has 0 saturated carbocycles. The molecule has 1 aromatic heterocycles. The van der Waals surface area contributed by atoms with Gasteiger partial charge >= 0.3 is 0 Å². The Morgan fingerprint density at radius 2 is 2.28 bits per heavy atom. The molecule has 0 spiro atoms. The van der Waals surface area contributed by atoms with Crippen LogP contribution in [0, 0.1) is 5.92 Å². The average Bonchev–Trinajstić information content (AvgIpc) is 2.91. The summed E-state index contributed by atoms with van der Waals surface area (Å²) in [6.07, 6.45) is 3.51. The van der Waals surface area contributed by atoms with Crippen molar-refractivity contribution in [3.8, 4) is 0 Å². The number of hydrogen-bond donors (Lipinski definition) is 0. The van der Waals surface area contributed by atoms with E-state index in [2.05, 4.69) is 4.98 Å². The summed E-state index contributed by atoms with van der Waals surface area (Å²) in [5.74, 6) is 0.587. The number of aryl methyl sites for hydroxylation is 1. The summed E-state index contributed by atoms with van der Waals surface area (Å²) in [4.78, 5) is 16.1. The summed E-state index contributed by atoms with van der Waals surface area (Å²) in [5.41, 5.74) is 1.77. The van der Waals surface area contributed by atoms with Gasteiger partial charge in [-0.1, -0.05) is 12.1 Å². The molecule has 1 aromatic carbocycles. The van der Waals surface area contributed by atoms with Gasteiger partial charge in [0.1, 0.15) is 0 Å². The fourth-order valence-corrected chi connectivity index (χ4v) is 2.47. The van der Waals surface area contributed by atoms with E-state index < -0.39 is 0 Å². The highest BCUT2D eigenvalue weighted by atomic mass is 16.5. The van der Waals surface area contributed by atoms with Crippen LogP contribution in [0.3, 0.4) is 0 Å². The van der Waals surface area contributed by atoms with Gasteiger partial charge in [0, 0.05) is 19.8 Å². The number of nitrogens with zero attached hydrogens (tertiary/aromatic N) is 2. The molecule has 94 valence electrons. The summed E-state index contributed by atoms with van der Waals surface area (Å²) >= 11 is 0. The zero-order chi connectivity index (χ0) is 12.4. The molecule has 18 heavy (non-hydrogen) atoms. The minimum atomic E-state index is -0.0207. The lowest BCUT2D eigenvalue weighted by atomic mass is 10.1. The summed E-state index contributed by atoms with van der Waals surface area (Å²) in [6, 6.07) is 7.77. The molecule has 0 bridgehead atoms. The smallest absolute Gasteiger partial charge is 0.269 e. The van der Waals surface area contributed by atoms with Crippen LogP contribution in [0.4, 0.5) is 0 Å². The SMILES string of the molecule is O=c1cnc2ccccc2n1CC[C@@H]1CCOC1. The maximum Gasteiger partial charge on any atom is 0.269 e. The second-order valence-electron chi connectivity index (χ2n) is 4.76. The first-order valence-electron chi connectivity index (χ1n) is 6.37. The van der Waals surface area contributed by atoms with E-state index in [1.54, 1.807) is 0 Å². The van der Waals surface area contributed by atoms with Crippen LogP contribution in [0.1, 0.15) is 12.8 Å². The van der Waals surface area contributed by atoms with Gasteiger partial charge in [-0.25, -0.2) is 4.98 Å². The Hall–Kier alpha value is -1.68. The fraction of sp³-hybridized carbons (Fsp3) is 0.429. The van der Waals surface area contributed by atoms with E-state index in [1.165, 1.54) is 6.20 Å². The van der Waals surface area contributed by atoms with Crippen molar-refractivity contribution in [1.29, 1.82) is 0 Å². The average molecular weight is 244 g/mol. The molecule has 0 amide bonds. The normalized spacial score (nSPS) is 19.4. The lowest BCUT2D eigenvalue weighted by Gasteiger charge is -2.11. The zero-order valence-electron chi connectivity index (χ0n) is 10.2. The van der Waals surface area contributed by atoms with E-state index in [-0.39, 0.29) is 5.56 Å². The molecule has 1 atom stereocenters. The van der Waals surface area contributed by atoms with Gasteiger partial charge in [0.25, 0.3) is 5.56 Å². The molecule has 1 aliphatic heterocycles. The number of benzene rings is 1. The third-order valence-corrected chi connectivity index (χ3v) is 3.54. The van der Waals surface area contributed by atoms with Gasteiger partial charge in [-0.3, -0.25) is 4.79 Å². The number of ether oxygens (including phenoxy) is 1. The van der Waals surface area contributed by atoms with Gasteiger partial charge < -0.3 is 9.30 Å². The van der Waals surface area contributed by atoms with Crippen molar-refractivity contribution < 1.29 is 4.74 Å². The molecule has 1 fully saturated rings. The molecular formula is C14H16N2O2. The Labute approximate surface area is 105 Å². The highest BCUT2D eigenvalue weighted by molar-refractivity contribution is 5.74. The monoisotopic (exact) mass is 244 g/mol. The first kappa shape index (κ1) is 11.4. The van der Waals surface area contributed by atoms with Gasteiger partial charge in [-0.15, -0.1) is 0 Å². The Bertz CT molecular complexity index is 600. The van der Waals surface area contributed by atoms with Crippen LogP contribution in [-0.4, -0.2) is 22.8 Å². The van der Waals surface area contributed by atoms with Crippen molar-refractivity contribution in [2.24, 2.45) is 5.92 Å². The lowest BCUT2D eigenvalue weighted by molar-refractivity contribution is 0.183. The van der Waals surface area contributed by atoms with Crippen LogP contribution < -0.4 is 5.56 Å².